The van der Waals surface area contributed by atoms with Crippen LogP contribution < -0.4 is 5.32 Å². The van der Waals surface area contributed by atoms with Crippen LogP contribution in [-0.2, 0) is 9.53 Å². The Kier molecular flexibility index (Phi) is 5.43. The molecule has 1 N–H and O–H groups in total. The van der Waals surface area contributed by atoms with Crippen molar-refractivity contribution in [3.8, 4) is 0 Å². The number of hydrogen-bond acceptors (Lipinski definition) is 5. The van der Waals surface area contributed by atoms with E-state index >= 15 is 0 Å². The number of nitro groups is 1. The largest absolute Gasteiger partial charge is 0.452 e. The number of rotatable bonds is 5. The van der Waals surface area contributed by atoms with Gasteiger partial charge < -0.3 is 10.1 Å². The maximum atomic E-state index is 13.2. The first kappa shape index (κ1) is 18.1. The molecule has 130 valence electrons. The van der Waals surface area contributed by atoms with E-state index in [0.29, 0.717) is 11.1 Å². The predicted octanol–water partition coefficient (Wildman–Crippen LogP) is 3.15. The molecule has 7 nitrogen and oxygen atoms in total. The Hall–Kier alpha value is -3.29. The van der Waals surface area contributed by atoms with E-state index in [1.165, 1.54) is 6.07 Å². The lowest BCUT2D eigenvalue weighted by molar-refractivity contribution is -0.387. The lowest BCUT2D eigenvalue weighted by atomic mass is 10.1. The number of amides is 1. The number of anilines is 1. The van der Waals surface area contributed by atoms with Gasteiger partial charge in [0.05, 0.1) is 10.5 Å². The highest BCUT2D eigenvalue weighted by atomic mass is 19.1. The van der Waals surface area contributed by atoms with Crippen LogP contribution in [0.25, 0.3) is 0 Å². The smallest absolute Gasteiger partial charge is 0.338 e. The predicted molar refractivity (Wildman–Crippen MR) is 87.9 cm³/mol. The van der Waals surface area contributed by atoms with Gasteiger partial charge in [-0.3, -0.25) is 14.9 Å². The number of benzene rings is 2. The molecular weight excluding hydrogens is 331 g/mol. The first-order chi connectivity index (χ1) is 11.8. The molecule has 0 fully saturated rings. The number of halogens is 1. The topological polar surface area (TPSA) is 98.5 Å². The second-order valence-electron chi connectivity index (χ2n) is 5.37. The lowest BCUT2D eigenvalue weighted by Crippen LogP contribution is -2.21. The quantitative estimate of drug-likeness (QED) is 0.509. The van der Waals surface area contributed by atoms with Crippen molar-refractivity contribution in [3.05, 3.63) is 69.0 Å². The van der Waals surface area contributed by atoms with E-state index < -0.39 is 34.9 Å². The van der Waals surface area contributed by atoms with Crippen LogP contribution in [-0.4, -0.2) is 23.4 Å². The Bertz CT molecular complexity index is 851. The number of carbonyl (C=O) groups is 2. The number of aryl methyl sites for hydroxylation is 2. The first-order valence-corrected chi connectivity index (χ1v) is 7.26. The van der Waals surface area contributed by atoms with Crippen molar-refractivity contribution in [3.63, 3.8) is 0 Å². The first-order valence-electron chi connectivity index (χ1n) is 7.26. The van der Waals surface area contributed by atoms with E-state index in [-0.39, 0.29) is 5.69 Å². The summed E-state index contributed by atoms with van der Waals surface area (Å²) in [5.41, 5.74) is 1.21. The Morgan fingerprint density at radius 2 is 1.92 bits per heavy atom. The summed E-state index contributed by atoms with van der Waals surface area (Å²) in [6, 6.07) is 8.20. The van der Waals surface area contributed by atoms with Crippen molar-refractivity contribution in [2.24, 2.45) is 0 Å². The second-order valence-corrected chi connectivity index (χ2v) is 5.37. The molecule has 0 saturated heterocycles. The van der Waals surface area contributed by atoms with Crippen LogP contribution in [0.2, 0.25) is 0 Å². The Morgan fingerprint density at radius 3 is 2.60 bits per heavy atom. The zero-order chi connectivity index (χ0) is 18.6. The Labute approximate surface area is 142 Å². The van der Waals surface area contributed by atoms with E-state index in [9.17, 15) is 24.1 Å². The van der Waals surface area contributed by atoms with E-state index in [1.54, 1.807) is 19.1 Å². The number of nitrogens with zero attached hydrogens (tertiary/aromatic N) is 1. The number of ether oxygens (including phenoxy) is 1. The van der Waals surface area contributed by atoms with Crippen molar-refractivity contribution >= 4 is 23.3 Å². The maximum absolute atomic E-state index is 13.2. The highest BCUT2D eigenvalue weighted by molar-refractivity contribution is 5.96. The summed E-state index contributed by atoms with van der Waals surface area (Å²) in [4.78, 5) is 33.6. The maximum Gasteiger partial charge on any atom is 0.338 e. The summed E-state index contributed by atoms with van der Waals surface area (Å²) in [7, 11) is 0. The van der Waals surface area contributed by atoms with Crippen LogP contribution in [0.1, 0.15) is 21.5 Å². The average molecular weight is 346 g/mol. The lowest BCUT2D eigenvalue weighted by Gasteiger charge is -2.09. The third kappa shape index (κ3) is 4.60. The third-order valence-corrected chi connectivity index (χ3v) is 3.37. The van der Waals surface area contributed by atoms with Gasteiger partial charge in [0.15, 0.2) is 6.61 Å². The van der Waals surface area contributed by atoms with Gasteiger partial charge in [0.25, 0.3) is 5.91 Å². The molecule has 0 aromatic heterocycles. The van der Waals surface area contributed by atoms with Crippen LogP contribution in [0.5, 0.6) is 0 Å². The molecule has 2 aromatic carbocycles. The molecule has 0 bridgehead atoms. The van der Waals surface area contributed by atoms with Gasteiger partial charge in [-0.2, -0.15) is 4.39 Å². The van der Waals surface area contributed by atoms with E-state index in [2.05, 4.69) is 5.32 Å². The van der Waals surface area contributed by atoms with E-state index in [1.807, 2.05) is 13.0 Å². The molecule has 0 unspecified atom stereocenters. The van der Waals surface area contributed by atoms with E-state index in [4.69, 9.17) is 4.74 Å². The zero-order valence-electron chi connectivity index (χ0n) is 13.5. The molecule has 2 aromatic rings. The fraction of sp³-hybridized carbons (Fsp3) is 0.176. The van der Waals surface area contributed by atoms with Gasteiger partial charge >= 0.3 is 11.7 Å². The van der Waals surface area contributed by atoms with E-state index in [0.717, 1.165) is 17.7 Å². The molecule has 0 atom stereocenters. The molecule has 2 rings (SSSR count). The highest BCUT2D eigenvalue weighted by Gasteiger charge is 2.16. The Morgan fingerprint density at radius 1 is 1.20 bits per heavy atom. The van der Waals surface area contributed by atoms with Gasteiger partial charge in [0.2, 0.25) is 5.82 Å². The third-order valence-electron chi connectivity index (χ3n) is 3.37. The van der Waals surface area contributed by atoms with Crippen LogP contribution in [0.15, 0.2) is 36.4 Å². The minimum atomic E-state index is -1.01. The van der Waals surface area contributed by atoms with Gasteiger partial charge in [-0.1, -0.05) is 17.7 Å². The molecule has 25 heavy (non-hydrogen) atoms. The van der Waals surface area contributed by atoms with Crippen LogP contribution in [0.4, 0.5) is 15.8 Å². The molecule has 0 aliphatic carbocycles. The minimum absolute atomic E-state index is 0.0286. The van der Waals surface area contributed by atoms with Crippen molar-refractivity contribution in [1.29, 1.82) is 0 Å². The molecule has 0 aliphatic heterocycles. The number of nitrogens with one attached hydrogen (secondary N) is 1. The fourth-order valence-electron chi connectivity index (χ4n) is 2.09. The van der Waals surface area contributed by atoms with Crippen LogP contribution in [0, 0.1) is 29.8 Å². The Balaban J connectivity index is 1.99. The summed E-state index contributed by atoms with van der Waals surface area (Å²) >= 11 is 0. The molecule has 1 amide bonds. The summed E-state index contributed by atoms with van der Waals surface area (Å²) in [6.07, 6.45) is 0. The molecule has 0 saturated carbocycles. The van der Waals surface area contributed by atoms with Gasteiger partial charge in [0.1, 0.15) is 0 Å². The fourth-order valence-corrected chi connectivity index (χ4v) is 2.09. The summed E-state index contributed by atoms with van der Waals surface area (Å²) in [5, 5.41) is 13.0. The zero-order valence-corrected chi connectivity index (χ0v) is 13.5. The SMILES string of the molecule is Cc1ccc(C)c(C(=O)OCC(=O)Nc2ccc(F)c([N+](=O)[O-])c2)c1. The summed E-state index contributed by atoms with van der Waals surface area (Å²) < 4.78 is 18.2. The standard InChI is InChI=1S/C17H15FN2O5/c1-10-3-4-11(2)13(7-10)17(22)25-9-16(21)19-12-5-6-14(18)15(8-12)20(23)24/h3-8H,9H2,1-2H3,(H,19,21). The highest BCUT2D eigenvalue weighted by Crippen LogP contribution is 2.21. The average Bonchev–Trinajstić information content (AvgIpc) is 2.56. The van der Waals surface area contributed by atoms with Gasteiger partial charge in [-0.15, -0.1) is 0 Å². The molecule has 8 heteroatoms. The monoisotopic (exact) mass is 346 g/mol. The molecular formula is C17H15FN2O5. The van der Waals surface area contributed by atoms with Crippen molar-refractivity contribution in [2.75, 3.05) is 11.9 Å². The molecule has 0 heterocycles. The number of nitro benzene ring substituents is 1. The minimum Gasteiger partial charge on any atom is -0.452 e. The number of carbonyl (C=O) groups excluding carboxylic acids is 2. The summed E-state index contributed by atoms with van der Waals surface area (Å²) in [5.74, 6) is -2.36. The van der Waals surface area contributed by atoms with Gasteiger partial charge in [0, 0.05) is 11.8 Å². The molecule has 0 spiro atoms. The van der Waals surface area contributed by atoms with Crippen molar-refractivity contribution in [1.82, 2.24) is 0 Å². The molecule has 0 aliphatic rings. The number of hydrogen-bond donors (Lipinski definition) is 1. The van der Waals surface area contributed by atoms with Gasteiger partial charge in [-0.05, 0) is 37.6 Å². The normalized spacial score (nSPS) is 10.2. The van der Waals surface area contributed by atoms with Crippen LogP contribution >= 0.6 is 0 Å². The second kappa shape index (κ2) is 7.52. The van der Waals surface area contributed by atoms with Crippen molar-refractivity contribution in [2.45, 2.75) is 13.8 Å². The molecule has 0 radical (unpaired) electrons. The number of esters is 1. The van der Waals surface area contributed by atoms with Gasteiger partial charge in [-0.25, -0.2) is 4.79 Å². The summed E-state index contributed by atoms with van der Waals surface area (Å²) in [6.45, 7) is 3.00. The van der Waals surface area contributed by atoms with Crippen molar-refractivity contribution < 1.29 is 23.6 Å². The van der Waals surface area contributed by atoms with Crippen LogP contribution in [0.3, 0.4) is 0 Å².